The fourth-order valence-corrected chi connectivity index (χ4v) is 4.88. The molecule has 272 valence electrons. The van der Waals surface area contributed by atoms with Gasteiger partial charge in [0.25, 0.3) is 0 Å². The Morgan fingerprint density at radius 3 is 1.02 bits per heavy atom. The Morgan fingerprint density at radius 2 is 0.702 bits per heavy atom. The lowest BCUT2D eigenvalue weighted by molar-refractivity contribution is -0.140. The highest BCUT2D eigenvalue weighted by molar-refractivity contribution is 5.99. The van der Waals surface area contributed by atoms with Crippen LogP contribution < -0.4 is 10.6 Å². The molecule has 0 aliphatic rings. The van der Waals surface area contributed by atoms with Crippen LogP contribution >= 0.6 is 0 Å². The lowest BCUT2D eigenvalue weighted by atomic mass is 10.1. The molecule has 0 aromatic rings. The second-order valence-electron chi connectivity index (χ2n) is 12.7. The molecule has 0 aromatic carbocycles. The first-order chi connectivity index (χ1) is 22.5. The Kier molecular flexibility index (Phi) is 26.0. The Bertz CT molecular complexity index is 880. The number of unbranched alkanes of at least 4 members (excludes halogenated alkanes) is 12. The number of nitrogens with one attached hydrogen (secondary N) is 2. The van der Waals surface area contributed by atoms with Gasteiger partial charge >= 0.3 is 0 Å². The molecule has 0 radical (unpaired) electrons. The molecule has 0 saturated heterocycles. The van der Waals surface area contributed by atoms with Crippen molar-refractivity contribution >= 4 is 35.4 Å². The number of hydrogen-bond donors (Lipinski definition) is 2. The van der Waals surface area contributed by atoms with Crippen LogP contribution in [-0.4, -0.2) is 109 Å². The van der Waals surface area contributed by atoms with Crippen LogP contribution in [-0.2, 0) is 28.8 Å². The summed E-state index contributed by atoms with van der Waals surface area (Å²) < 4.78 is 0. The average molecular weight is 667 g/mol. The molecule has 0 saturated carbocycles. The monoisotopic (exact) mass is 667 g/mol. The molecule has 0 fully saturated rings. The second-order valence-corrected chi connectivity index (χ2v) is 12.7. The molecule has 0 unspecified atom stereocenters. The van der Waals surface area contributed by atoms with Gasteiger partial charge in [0.15, 0.2) is 0 Å². The highest BCUT2D eigenvalue weighted by Gasteiger charge is 2.22. The first kappa shape index (κ1) is 43.8. The number of carbonyl (C=O) groups excluding carboxylic acids is 6. The Labute approximate surface area is 284 Å². The molecule has 0 aliphatic carbocycles. The van der Waals surface area contributed by atoms with Gasteiger partial charge in [0, 0.05) is 40.8 Å². The van der Waals surface area contributed by atoms with Crippen LogP contribution in [0.2, 0.25) is 0 Å². The van der Waals surface area contributed by atoms with E-state index in [0.29, 0.717) is 19.6 Å². The number of nitrogens with zero attached hydrogens (tertiary/aromatic N) is 4. The van der Waals surface area contributed by atoms with Crippen LogP contribution in [0.1, 0.15) is 136 Å². The largest absolute Gasteiger partial charge is 0.345 e. The van der Waals surface area contributed by atoms with Gasteiger partial charge in [0.2, 0.25) is 35.4 Å². The van der Waals surface area contributed by atoms with Gasteiger partial charge in [0.05, 0.1) is 13.3 Å². The molecule has 0 aromatic heterocycles. The SMILES string of the molecule is CCCCCCCN(C)C(=O)CC(=O)NCN(CNC(=O)CC(=O)N(C)CCCCCCC)C(=O)CC(=O)N(C)CCCCCCC. The summed E-state index contributed by atoms with van der Waals surface area (Å²) in [6.45, 7) is 7.48. The molecule has 0 atom stereocenters. The molecule has 0 aliphatic heterocycles. The van der Waals surface area contributed by atoms with E-state index in [1.54, 1.807) is 21.1 Å². The Hall–Kier alpha value is -3.18. The minimum Gasteiger partial charge on any atom is -0.345 e. The first-order valence-electron chi connectivity index (χ1n) is 18.0. The van der Waals surface area contributed by atoms with E-state index in [0.717, 1.165) is 101 Å². The summed E-state index contributed by atoms with van der Waals surface area (Å²) in [6, 6.07) is 0. The molecule has 0 bridgehead atoms. The third kappa shape index (κ3) is 22.9. The van der Waals surface area contributed by atoms with Crippen molar-refractivity contribution < 1.29 is 28.8 Å². The smallest absolute Gasteiger partial charge is 0.234 e. The van der Waals surface area contributed by atoms with E-state index in [1.807, 2.05) is 0 Å². The zero-order chi connectivity index (χ0) is 35.5. The maximum atomic E-state index is 13.2. The normalized spacial score (nSPS) is 10.7. The van der Waals surface area contributed by atoms with Crippen molar-refractivity contribution in [2.75, 3.05) is 54.1 Å². The number of rotatable bonds is 28. The number of carbonyl (C=O) groups is 6. The Balaban J connectivity index is 5.10. The van der Waals surface area contributed by atoms with Gasteiger partial charge in [-0.05, 0) is 19.3 Å². The van der Waals surface area contributed by atoms with E-state index in [1.165, 1.54) is 14.7 Å². The summed E-state index contributed by atoms with van der Waals surface area (Å²) in [4.78, 5) is 82.0. The molecule has 47 heavy (non-hydrogen) atoms. The van der Waals surface area contributed by atoms with Crippen LogP contribution in [0, 0.1) is 0 Å². The summed E-state index contributed by atoms with van der Waals surface area (Å²) in [7, 11) is 4.98. The standard InChI is InChI=1S/C35H66N6O6/c1-7-10-13-16-19-22-38(4)32(44)25-30(42)36-28-41(35(47)27-34(46)40(6)24-21-18-15-12-9-3)29-37-31(43)26-33(45)39(5)23-20-17-14-11-8-2/h7-29H2,1-6H3,(H,36,42)(H,37,43). The van der Waals surface area contributed by atoms with Crippen LogP contribution in [0.5, 0.6) is 0 Å². The molecular weight excluding hydrogens is 600 g/mol. The van der Waals surface area contributed by atoms with Crippen LogP contribution in [0.15, 0.2) is 0 Å². The molecule has 0 rings (SSSR count). The number of hydrogen-bond acceptors (Lipinski definition) is 6. The van der Waals surface area contributed by atoms with Crippen molar-refractivity contribution in [1.29, 1.82) is 0 Å². The van der Waals surface area contributed by atoms with Gasteiger partial charge in [0.1, 0.15) is 19.3 Å². The topological polar surface area (TPSA) is 139 Å². The predicted octanol–water partition coefficient (Wildman–Crippen LogP) is 4.42. The van der Waals surface area contributed by atoms with Gasteiger partial charge < -0.3 is 30.2 Å². The molecule has 6 amide bonds. The minimum absolute atomic E-state index is 0.300. The summed E-state index contributed by atoms with van der Waals surface area (Å²) in [6.07, 6.45) is 14.6. The van der Waals surface area contributed by atoms with Crippen molar-refractivity contribution in [3.63, 3.8) is 0 Å². The summed E-state index contributed by atoms with van der Waals surface area (Å²) in [5, 5.41) is 5.15. The van der Waals surface area contributed by atoms with E-state index in [9.17, 15) is 28.8 Å². The van der Waals surface area contributed by atoms with Gasteiger partial charge in [-0.2, -0.15) is 0 Å². The fourth-order valence-electron chi connectivity index (χ4n) is 4.88. The van der Waals surface area contributed by atoms with Gasteiger partial charge in [-0.1, -0.05) is 97.8 Å². The van der Waals surface area contributed by atoms with Crippen molar-refractivity contribution in [1.82, 2.24) is 30.2 Å². The van der Waals surface area contributed by atoms with Gasteiger partial charge in [-0.25, -0.2) is 0 Å². The molecular formula is C35H66N6O6. The summed E-state index contributed by atoms with van der Waals surface area (Å²) in [5.41, 5.74) is 0. The van der Waals surface area contributed by atoms with Gasteiger partial charge in [-0.3, -0.25) is 28.8 Å². The minimum atomic E-state index is -0.584. The van der Waals surface area contributed by atoms with E-state index in [2.05, 4.69) is 31.4 Å². The van der Waals surface area contributed by atoms with Crippen molar-refractivity contribution in [3.8, 4) is 0 Å². The predicted molar refractivity (Wildman–Crippen MR) is 186 cm³/mol. The maximum absolute atomic E-state index is 13.2. The molecule has 0 heterocycles. The van der Waals surface area contributed by atoms with Crippen LogP contribution in [0.3, 0.4) is 0 Å². The van der Waals surface area contributed by atoms with Gasteiger partial charge in [-0.15, -0.1) is 0 Å². The molecule has 12 heteroatoms. The van der Waals surface area contributed by atoms with Crippen molar-refractivity contribution in [2.45, 2.75) is 136 Å². The lowest BCUT2D eigenvalue weighted by Crippen LogP contribution is -2.49. The highest BCUT2D eigenvalue weighted by Crippen LogP contribution is 2.07. The van der Waals surface area contributed by atoms with E-state index >= 15 is 0 Å². The molecule has 2 N–H and O–H groups in total. The van der Waals surface area contributed by atoms with E-state index < -0.39 is 24.1 Å². The third-order valence-electron chi connectivity index (χ3n) is 8.28. The zero-order valence-corrected chi connectivity index (χ0v) is 30.5. The Morgan fingerprint density at radius 1 is 0.404 bits per heavy atom. The lowest BCUT2D eigenvalue weighted by Gasteiger charge is -2.25. The molecule has 0 spiro atoms. The zero-order valence-electron chi connectivity index (χ0n) is 30.5. The van der Waals surface area contributed by atoms with Crippen molar-refractivity contribution in [3.05, 3.63) is 0 Å². The van der Waals surface area contributed by atoms with Crippen LogP contribution in [0.4, 0.5) is 0 Å². The fraction of sp³-hybridized carbons (Fsp3) is 0.829. The van der Waals surface area contributed by atoms with Crippen LogP contribution in [0.25, 0.3) is 0 Å². The number of amides is 6. The maximum Gasteiger partial charge on any atom is 0.234 e. The summed E-state index contributed by atoms with van der Waals surface area (Å²) >= 11 is 0. The highest BCUT2D eigenvalue weighted by atomic mass is 16.2. The third-order valence-corrected chi connectivity index (χ3v) is 8.28. The molecule has 12 nitrogen and oxygen atoms in total. The van der Waals surface area contributed by atoms with Crippen molar-refractivity contribution in [2.24, 2.45) is 0 Å². The quantitative estimate of drug-likeness (QED) is 0.0720. The average Bonchev–Trinajstić information content (AvgIpc) is 3.03. The van der Waals surface area contributed by atoms with E-state index in [-0.39, 0.29) is 43.9 Å². The first-order valence-corrected chi connectivity index (χ1v) is 18.0. The summed E-state index contributed by atoms with van der Waals surface area (Å²) in [5.74, 6) is -2.73. The van der Waals surface area contributed by atoms with E-state index in [4.69, 9.17) is 0 Å². The second kappa shape index (κ2) is 27.9.